The van der Waals surface area contributed by atoms with Gasteiger partial charge in [0.1, 0.15) is 17.4 Å². The number of hydrogen-bond acceptors (Lipinski definition) is 3. The summed E-state index contributed by atoms with van der Waals surface area (Å²) in [4.78, 5) is 3.97. The van der Waals surface area contributed by atoms with Gasteiger partial charge in [0, 0.05) is 17.8 Å². The van der Waals surface area contributed by atoms with Gasteiger partial charge in [-0.1, -0.05) is 6.07 Å². The van der Waals surface area contributed by atoms with Gasteiger partial charge in [0.05, 0.1) is 18.8 Å². The summed E-state index contributed by atoms with van der Waals surface area (Å²) < 4.78 is 32.7. The summed E-state index contributed by atoms with van der Waals surface area (Å²) in [5, 5.41) is 2.87. The topological polar surface area (TPSA) is 34.1 Å². The Morgan fingerprint density at radius 3 is 2.58 bits per heavy atom. The zero-order chi connectivity index (χ0) is 13.8. The molecule has 3 nitrogen and oxygen atoms in total. The Morgan fingerprint density at radius 2 is 2.00 bits per heavy atom. The first kappa shape index (κ1) is 13.4. The lowest BCUT2D eigenvalue weighted by Gasteiger charge is -2.17. The lowest BCUT2D eigenvalue weighted by Crippen LogP contribution is -2.21. The summed E-state index contributed by atoms with van der Waals surface area (Å²) >= 11 is 0. The maximum absolute atomic E-state index is 14.0. The third-order valence-electron chi connectivity index (χ3n) is 2.87. The second-order valence-electron chi connectivity index (χ2n) is 3.98. The normalized spacial score (nSPS) is 12.2. The molecule has 1 heterocycles. The molecule has 1 aromatic heterocycles. The number of aromatic nitrogens is 1. The Balaban J connectivity index is 2.46. The predicted molar refractivity (Wildman–Crippen MR) is 68.0 cm³/mol. The van der Waals surface area contributed by atoms with E-state index in [1.165, 1.54) is 31.5 Å². The Kier molecular flexibility index (Phi) is 4.06. The smallest absolute Gasteiger partial charge is 0.146 e. The van der Waals surface area contributed by atoms with Crippen LogP contribution in [0.15, 0.2) is 36.5 Å². The predicted octanol–water partition coefficient (Wildman–Crippen LogP) is 2.68. The van der Waals surface area contributed by atoms with E-state index in [-0.39, 0.29) is 5.69 Å². The highest BCUT2D eigenvalue weighted by atomic mass is 19.1. The Labute approximate surface area is 110 Å². The summed E-state index contributed by atoms with van der Waals surface area (Å²) in [5.41, 5.74) is 0.481. The zero-order valence-corrected chi connectivity index (χ0v) is 10.7. The van der Waals surface area contributed by atoms with Gasteiger partial charge >= 0.3 is 0 Å². The lowest BCUT2D eigenvalue weighted by atomic mass is 10.0. The molecule has 100 valence electrons. The van der Waals surface area contributed by atoms with Crippen LogP contribution in [0.3, 0.4) is 0 Å². The standard InChI is InChI=1S/C14H14F2N2O/c1-17-13(14-11(15)4-3-7-18-14)10-6-5-9(19-2)8-12(10)16/h3-8,13,17H,1-2H3. The number of halogens is 2. The van der Waals surface area contributed by atoms with E-state index in [9.17, 15) is 8.78 Å². The molecular weight excluding hydrogens is 250 g/mol. The average molecular weight is 264 g/mol. The minimum atomic E-state index is -0.646. The SMILES string of the molecule is CNC(c1ccc(OC)cc1F)c1ncccc1F. The van der Waals surface area contributed by atoms with E-state index < -0.39 is 17.7 Å². The van der Waals surface area contributed by atoms with Crippen LogP contribution in [0.4, 0.5) is 8.78 Å². The Bertz CT molecular complexity index is 575. The van der Waals surface area contributed by atoms with E-state index in [0.717, 1.165) is 0 Å². The van der Waals surface area contributed by atoms with Crippen LogP contribution >= 0.6 is 0 Å². The molecule has 1 N–H and O–H groups in total. The average Bonchev–Trinajstić information content (AvgIpc) is 2.43. The van der Waals surface area contributed by atoms with Gasteiger partial charge in [0.25, 0.3) is 0 Å². The number of hydrogen-bond donors (Lipinski definition) is 1. The first-order valence-corrected chi connectivity index (χ1v) is 5.78. The van der Waals surface area contributed by atoms with Crippen molar-refractivity contribution in [1.29, 1.82) is 0 Å². The second-order valence-corrected chi connectivity index (χ2v) is 3.98. The number of benzene rings is 1. The number of nitrogens with zero attached hydrogens (tertiary/aromatic N) is 1. The van der Waals surface area contributed by atoms with Gasteiger partial charge in [-0.2, -0.15) is 0 Å². The summed E-state index contributed by atoms with van der Waals surface area (Å²) in [7, 11) is 3.09. The van der Waals surface area contributed by atoms with Crippen LogP contribution < -0.4 is 10.1 Å². The highest BCUT2D eigenvalue weighted by Crippen LogP contribution is 2.26. The quantitative estimate of drug-likeness (QED) is 0.922. The fourth-order valence-corrected chi connectivity index (χ4v) is 1.92. The number of rotatable bonds is 4. The van der Waals surface area contributed by atoms with Crippen molar-refractivity contribution in [2.45, 2.75) is 6.04 Å². The molecule has 0 amide bonds. The zero-order valence-electron chi connectivity index (χ0n) is 10.7. The van der Waals surface area contributed by atoms with Crippen LogP contribution in [-0.2, 0) is 0 Å². The highest BCUT2D eigenvalue weighted by molar-refractivity contribution is 5.35. The fourth-order valence-electron chi connectivity index (χ4n) is 1.92. The van der Waals surface area contributed by atoms with Crippen LogP contribution in [0.1, 0.15) is 17.3 Å². The molecule has 0 aliphatic carbocycles. The van der Waals surface area contributed by atoms with Crippen molar-refractivity contribution in [1.82, 2.24) is 10.3 Å². The molecule has 5 heteroatoms. The number of pyridine rings is 1. The minimum Gasteiger partial charge on any atom is -0.497 e. The van der Waals surface area contributed by atoms with Crippen LogP contribution in [0, 0.1) is 11.6 Å². The van der Waals surface area contributed by atoms with Gasteiger partial charge in [0.15, 0.2) is 0 Å². The number of ether oxygens (including phenoxy) is 1. The maximum atomic E-state index is 14.0. The monoisotopic (exact) mass is 264 g/mol. The van der Waals surface area contributed by atoms with Crippen LogP contribution in [0.5, 0.6) is 5.75 Å². The van der Waals surface area contributed by atoms with E-state index in [2.05, 4.69) is 10.3 Å². The van der Waals surface area contributed by atoms with Gasteiger partial charge in [-0.3, -0.25) is 4.98 Å². The van der Waals surface area contributed by atoms with Gasteiger partial charge in [0.2, 0.25) is 0 Å². The van der Waals surface area contributed by atoms with Crippen LogP contribution in [0.2, 0.25) is 0 Å². The van der Waals surface area contributed by atoms with E-state index >= 15 is 0 Å². The Hall–Kier alpha value is -2.01. The van der Waals surface area contributed by atoms with Crippen molar-refractivity contribution in [2.75, 3.05) is 14.2 Å². The molecule has 0 radical (unpaired) electrons. The molecule has 0 saturated carbocycles. The second kappa shape index (κ2) is 5.75. The largest absolute Gasteiger partial charge is 0.497 e. The number of nitrogens with one attached hydrogen (secondary N) is 1. The summed E-state index contributed by atoms with van der Waals surface area (Å²) in [6.07, 6.45) is 1.48. The summed E-state index contributed by atoms with van der Waals surface area (Å²) in [6, 6.07) is 6.60. The van der Waals surface area contributed by atoms with Gasteiger partial charge in [-0.05, 0) is 25.2 Å². The molecule has 0 aliphatic rings. The van der Waals surface area contributed by atoms with Crippen molar-refractivity contribution in [3.63, 3.8) is 0 Å². The highest BCUT2D eigenvalue weighted by Gasteiger charge is 2.20. The molecule has 2 aromatic rings. The van der Waals surface area contributed by atoms with E-state index in [4.69, 9.17) is 4.74 Å². The summed E-state index contributed by atoms with van der Waals surface area (Å²) in [6.45, 7) is 0. The number of methoxy groups -OCH3 is 1. The molecule has 0 saturated heterocycles. The van der Waals surface area contributed by atoms with Crippen molar-refractivity contribution < 1.29 is 13.5 Å². The van der Waals surface area contributed by atoms with E-state index in [1.807, 2.05) is 0 Å². The maximum Gasteiger partial charge on any atom is 0.146 e. The van der Waals surface area contributed by atoms with Gasteiger partial charge in [-0.25, -0.2) is 8.78 Å². The lowest BCUT2D eigenvalue weighted by molar-refractivity contribution is 0.410. The van der Waals surface area contributed by atoms with Crippen LogP contribution in [0.25, 0.3) is 0 Å². The molecule has 0 fully saturated rings. The van der Waals surface area contributed by atoms with Crippen molar-refractivity contribution in [3.8, 4) is 5.75 Å². The minimum absolute atomic E-state index is 0.161. The molecule has 19 heavy (non-hydrogen) atoms. The van der Waals surface area contributed by atoms with Crippen molar-refractivity contribution in [2.24, 2.45) is 0 Å². The van der Waals surface area contributed by atoms with Crippen LogP contribution in [-0.4, -0.2) is 19.1 Å². The Morgan fingerprint density at radius 1 is 1.21 bits per heavy atom. The molecule has 1 aromatic carbocycles. The first-order chi connectivity index (χ1) is 9.17. The van der Waals surface area contributed by atoms with Crippen molar-refractivity contribution >= 4 is 0 Å². The van der Waals surface area contributed by atoms with E-state index in [1.54, 1.807) is 19.2 Å². The third kappa shape index (κ3) is 2.71. The molecule has 1 atom stereocenters. The first-order valence-electron chi connectivity index (χ1n) is 5.78. The third-order valence-corrected chi connectivity index (χ3v) is 2.87. The summed E-state index contributed by atoms with van der Waals surface area (Å²) in [5.74, 6) is -0.529. The molecule has 0 bridgehead atoms. The van der Waals surface area contributed by atoms with Crippen molar-refractivity contribution in [3.05, 3.63) is 59.4 Å². The van der Waals surface area contributed by atoms with Gasteiger partial charge < -0.3 is 10.1 Å². The van der Waals surface area contributed by atoms with E-state index in [0.29, 0.717) is 11.3 Å². The molecule has 1 unspecified atom stereocenters. The fraction of sp³-hybridized carbons (Fsp3) is 0.214. The van der Waals surface area contributed by atoms with Gasteiger partial charge in [-0.15, -0.1) is 0 Å². The molecule has 0 aliphatic heterocycles. The molecule has 0 spiro atoms. The molecular formula is C14H14F2N2O. The molecule has 2 rings (SSSR count).